The molecule has 0 saturated heterocycles. The van der Waals surface area contributed by atoms with Crippen LogP contribution in [0.5, 0.6) is 5.75 Å². The number of hydrogen-bond acceptors (Lipinski definition) is 4. The van der Waals surface area contributed by atoms with Crippen molar-refractivity contribution in [2.24, 2.45) is 0 Å². The lowest BCUT2D eigenvalue weighted by Crippen LogP contribution is -2.05. The SMILES string of the molecule is COc1cc(C(=O)c2ccccc2-c2ccc(Cl)cc2Cl)ccc1[N+](=O)[O-]. The molecule has 0 aliphatic heterocycles. The van der Waals surface area contributed by atoms with Gasteiger partial charge in [0.15, 0.2) is 11.5 Å². The van der Waals surface area contributed by atoms with Gasteiger partial charge in [0.25, 0.3) is 0 Å². The Morgan fingerprint density at radius 1 is 1.00 bits per heavy atom. The molecule has 0 heterocycles. The predicted octanol–water partition coefficient (Wildman–Crippen LogP) is 5.81. The third kappa shape index (κ3) is 3.79. The Kier molecular flexibility index (Phi) is 5.44. The molecule has 0 saturated carbocycles. The number of carbonyl (C=O) groups is 1. The molecule has 0 bridgehead atoms. The molecule has 5 nitrogen and oxygen atoms in total. The van der Waals surface area contributed by atoms with Crippen molar-refractivity contribution in [3.05, 3.63) is 92.0 Å². The minimum absolute atomic E-state index is 0.0212. The minimum Gasteiger partial charge on any atom is -0.490 e. The zero-order valence-electron chi connectivity index (χ0n) is 14.1. The number of halogens is 2. The number of carbonyl (C=O) groups excluding carboxylic acids is 1. The van der Waals surface area contributed by atoms with E-state index in [1.165, 1.54) is 25.3 Å². The summed E-state index contributed by atoms with van der Waals surface area (Å²) < 4.78 is 5.05. The van der Waals surface area contributed by atoms with Gasteiger partial charge in [-0.3, -0.25) is 14.9 Å². The van der Waals surface area contributed by atoms with Gasteiger partial charge < -0.3 is 4.74 Å². The van der Waals surface area contributed by atoms with Crippen molar-refractivity contribution in [1.29, 1.82) is 0 Å². The van der Waals surface area contributed by atoms with Crippen LogP contribution in [-0.4, -0.2) is 17.8 Å². The predicted molar refractivity (Wildman–Crippen MR) is 105 cm³/mol. The molecule has 0 atom stereocenters. The number of nitro groups is 1. The number of nitrogens with zero attached hydrogens (tertiary/aromatic N) is 1. The van der Waals surface area contributed by atoms with Gasteiger partial charge >= 0.3 is 5.69 Å². The molecule has 0 aliphatic carbocycles. The Morgan fingerprint density at radius 2 is 1.74 bits per heavy atom. The second-order valence-corrected chi connectivity index (χ2v) is 6.49. The molecular formula is C20H13Cl2NO4. The molecule has 0 spiro atoms. The van der Waals surface area contributed by atoms with E-state index in [0.29, 0.717) is 26.7 Å². The molecule has 0 N–H and O–H groups in total. The van der Waals surface area contributed by atoms with Gasteiger partial charge in [-0.05, 0) is 29.8 Å². The van der Waals surface area contributed by atoms with Crippen LogP contribution in [0.2, 0.25) is 10.0 Å². The van der Waals surface area contributed by atoms with Crippen molar-refractivity contribution in [1.82, 2.24) is 0 Å². The summed E-state index contributed by atoms with van der Waals surface area (Å²) in [6, 6.07) is 16.1. The maximum Gasteiger partial charge on any atom is 0.310 e. The van der Waals surface area contributed by atoms with Gasteiger partial charge in [-0.25, -0.2) is 0 Å². The summed E-state index contributed by atoms with van der Waals surface area (Å²) in [6.45, 7) is 0. The molecule has 0 aliphatic rings. The highest BCUT2D eigenvalue weighted by Crippen LogP contribution is 2.34. The first-order chi connectivity index (χ1) is 12.9. The van der Waals surface area contributed by atoms with E-state index in [2.05, 4.69) is 0 Å². The smallest absolute Gasteiger partial charge is 0.310 e. The van der Waals surface area contributed by atoms with Crippen LogP contribution in [0.3, 0.4) is 0 Å². The number of rotatable bonds is 5. The molecule has 7 heteroatoms. The van der Waals surface area contributed by atoms with Gasteiger partial charge in [-0.2, -0.15) is 0 Å². The average molecular weight is 402 g/mol. The molecule has 0 unspecified atom stereocenters. The lowest BCUT2D eigenvalue weighted by atomic mass is 9.93. The summed E-state index contributed by atoms with van der Waals surface area (Å²) in [5.41, 5.74) is 1.79. The van der Waals surface area contributed by atoms with E-state index in [1.807, 2.05) is 0 Å². The molecule has 0 amide bonds. The first-order valence-electron chi connectivity index (χ1n) is 7.84. The Bertz CT molecular complexity index is 1050. The van der Waals surface area contributed by atoms with Crippen molar-refractivity contribution < 1.29 is 14.5 Å². The second kappa shape index (κ2) is 7.78. The largest absolute Gasteiger partial charge is 0.490 e. The third-order valence-corrected chi connectivity index (χ3v) is 4.58. The first kappa shape index (κ1) is 18.9. The Balaban J connectivity index is 2.10. The maximum atomic E-state index is 13.1. The van der Waals surface area contributed by atoms with Crippen LogP contribution in [-0.2, 0) is 0 Å². The van der Waals surface area contributed by atoms with Crippen LogP contribution >= 0.6 is 23.2 Å². The summed E-state index contributed by atoms with van der Waals surface area (Å²) in [5, 5.41) is 12.0. The van der Waals surface area contributed by atoms with Crippen LogP contribution < -0.4 is 4.74 Å². The quantitative estimate of drug-likeness (QED) is 0.307. The summed E-state index contributed by atoms with van der Waals surface area (Å²) in [4.78, 5) is 23.6. The first-order valence-corrected chi connectivity index (χ1v) is 8.59. The van der Waals surface area contributed by atoms with E-state index < -0.39 is 4.92 Å². The summed E-state index contributed by atoms with van der Waals surface area (Å²) >= 11 is 12.3. The Labute approximate surface area is 165 Å². The number of benzene rings is 3. The number of nitro benzene ring substituents is 1. The third-order valence-electron chi connectivity index (χ3n) is 4.03. The molecule has 3 aromatic rings. The number of ether oxygens (including phenoxy) is 1. The highest BCUT2D eigenvalue weighted by Gasteiger charge is 2.20. The second-order valence-electron chi connectivity index (χ2n) is 5.64. The zero-order valence-corrected chi connectivity index (χ0v) is 15.6. The van der Waals surface area contributed by atoms with E-state index in [4.69, 9.17) is 27.9 Å². The number of methoxy groups -OCH3 is 1. The standard InChI is InChI=1S/C20H13Cl2NO4/c1-27-19-10-12(6-9-18(19)23(25)26)20(24)16-5-3-2-4-14(16)15-8-7-13(21)11-17(15)22/h2-11H,1H3. The van der Waals surface area contributed by atoms with Gasteiger partial charge in [0.1, 0.15) is 0 Å². The average Bonchev–Trinajstić information content (AvgIpc) is 2.67. The number of hydrogen-bond donors (Lipinski definition) is 0. The van der Waals surface area contributed by atoms with Gasteiger partial charge in [-0.15, -0.1) is 0 Å². The van der Waals surface area contributed by atoms with Crippen LogP contribution in [0, 0.1) is 10.1 Å². The van der Waals surface area contributed by atoms with Gasteiger partial charge in [-0.1, -0.05) is 53.5 Å². The topological polar surface area (TPSA) is 69.4 Å². The number of ketones is 1. The minimum atomic E-state index is -0.561. The van der Waals surface area contributed by atoms with Crippen molar-refractivity contribution in [3.63, 3.8) is 0 Å². The highest BCUT2D eigenvalue weighted by atomic mass is 35.5. The lowest BCUT2D eigenvalue weighted by molar-refractivity contribution is -0.385. The summed E-state index contributed by atoms with van der Waals surface area (Å²) in [5.74, 6) is -0.280. The van der Waals surface area contributed by atoms with Crippen molar-refractivity contribution in [2.45, 2.75) is 0 Å². The molecule has 0 radical (unpaired) electrons. The fraction of sp³-hybridized carbons (Fsp3) is 0.0500. The van der Waals surface area contributed by atoms with Crippen LogP contribution in [0.4, 0.5) is 5.69 Å². The Morgan fingerprint density at radius 3 is 2.41 bits per heavy atom. The molecular weight excluding hydrogens is 389 g/mol. The van der Waals surface area contributed by atoms with E-state index in [9.17, 15) is 14.9 Å². The lowest BCUT2D eigenvalue weighted by Gasteiger charge is -2.11. The van der Waals surface area contributed by atoms with Crippen LogP contribution in [0.15, 0.2) is 60.7 Å². The van der Waals surface area contributed by atoms with Crippen molar-refractivity contribution in [3.8, 4) is 16.9 Å². The van der Waals surface area contributed by atoms with Crippen molar-refractivity contribution in [2.75, 3.05) is 7.11 Å². The monoisotopic (exact) mass is 401 g/mol. The molecule has 0 fully saturated rings. The normalized spacial score (nSPS) is 10.5. The molecule has 136 valence electrons. The van der Waals surface area contributed by atoms with Gasteiger partial charge in [0, 0.05) is 32.8 Å². The highest BCUT2D eigenvalue weighted by molar-refractivity contribution is 6.36. The van der Waals surface area contributed by atoms with Crippen LogP contribution in [0.1, 0.15) is 15.9 Å². The maximum absolute atomic E-state index is 13.1. The molecule has 0 aromatic heterocycles. The summed E-state index contributed by atoms with van der Waals surface area (Å²) in [7, 11) is 1.32. The van der Waals surface area contributed by atoms with E-state index in [0.717, 1.165) is 0 Å². The van der Waals surface area contributed by atoms with Crippen LogP contribution in [0.25, 0.3) is 11.1 Å². The fourth-order valence-electron chi connectivity index (χ4n) is 2.75. The zero-order chi connectivity index (χ0) is 19.6. The van der Waals surface area contributed by atoms with E-state index in [1.54, 1.807) is 42.5 Å². The molecule has 27 heavy (non-hydrogen) atoms. The van der Waals surface area contributed by atoms with E-state index in [-0.39, 0.29) is 22.8 Å². The molecule has 3 rings (SSSR count). The van der Waals surface area contributed by atoms with Gasteiger partial charge in [0.2, 0.25) is 0 Å². The fourth-order valence-corrected chi connectivity index (χ4v) is 3.26. The van der Waals surface area contributed by atoms with Crippen molar-refractivity contribution >= 4 is 34.7 Å². The summed E-state index contributed by atoms with van der Waals surface area (Å²) in [6.07, 6.45) is 0. The van der Waals surface area contributed by atoms with E-state index >= 15 is 0 Å². The molecule has 3 aromatic carbocycles. The van der Waals surface area contributed by atoms with Gasteiger partial charge in [0.05, 0.1) is 12.0 Å². The Hall–Kier alpha value is -2.89.